The van der Waals surface area contributed by atoms with Crippen LogP contribution in [-0.2, 0) is 6.54 Å². The van der Waals surface area contributed by atoms with E-state index in [1.54, 1.807) is 0 Å². The van der Waals surface area contributed by atoms with Crippen molar-refractivity contribution in [2.75, 3.05) is 18.4 Å². The molecule has 1 N–H and O–H groups in total. The molecule has 0 bridgehead atoms. The van der Waals surface area contributed by atoms with Crippen molar-refractivity contribution in [2.45, 2.75) is 52.1 Å². The van der Waals surface area contributed by atoms with Gasteiger partial charge >= 0.3 is 0 Å². The van der Waals surface area contributed by atoms with Crippen molar-refractivity contribution in [3.63, 3.8) is 0 Å². The lowest BCUT2D eigenvalue weighted by molar-refractivity contribution is 0.252. The monoisotopic (exact) mass is 281 g/mol. The van der Waals surface area contributed by atoms with E-state index < -0.39 is 0 Å². The summed E-state index contributed by atoms with van der Waals surface area (Å²) in [5.74, 6) is 0.938. The largest absolute Gasteiger partial charge is 0.370 e. The summed E-state index contributed by atoms with van der Waals surface area (Å²) >= 11 is 6.28. The Bertz CT molecular complexity index is 404. The molecule has 0 unspecified atom stereocenters. The van der Waals surface area contributed by atoms with Crippen LogP contribution in [0.4, 0.5) is 5.82 Å². The van der Waals surface area contributed by atoms with E-state index in [-0.39, 0.29) is 0 Å². The molecule has 0 aliphatic heterocycles. The summed E-state index contributed by atoms with van der Waals surface area (Å²) < 4.78 is 0. The van der Waals surface area contributed by atoms with Gasteiger partial charge in [0.25, 0.3) is 0 Å². The summed E-state index contributed by atoms with van der Waals surface area (Å²) in [6.07, 6.45) is 4.93. The predicted molar refractivity (Wildman–Crippen MR) is 81.8 cm³/mol. The van der Waals surface area contributed by atoms with Crippen LogP contribution in [0.3, 0.4) is 0 Å². The minimum atomic E-state index is 0.755. The Morgan fingerprint density at radius 1 is 1.32 bits per heavy atom. The van der Waals surface area contributed by atoms with E-state index in [1.807, 2.05) is 12.1 Å². The lowest BCUT2D eigenvalue weighted by Crippen LogP contribution is -2.27. The summed E-state index contributed by atoms with van der Waals surface area (Å²) in [6.45, 7) is 7.34. The van der Waals surface area contributed by atoms with Gasteiger partial charge in [0.05, 0.1) is 10.7 Å². The van der Waals surface area contributed by atoms with Gasteiger partial charge in [-0.2, -0.15) is 0 Å². The number of pyridine rings is 1. The third-order valence-corrected chi connectivity index (χ3v) is 3.75. The van der Waals surface area contributed by atoms with Gasteiger partial charge in [0.15, 0.2) is 0 Å². The first-order valence-electron chi connectivity index (χ1n) is 7.38. The lowest BCUT2D eigenvalue weighted by atomic mass is 10.3. The molecule has 1 heterocycles. The van der Waals surface area contributed by atoms with Crippen molar-refractivity contribution in [3.8, 4) is 0 Å². The van der Waals surface area contributed by atoms with Crippen molar-refractivity contribution >= 4 is 17.4 Å². The minimum absolute atomic E-state index is 0.755. The van der Waals surface area contributed by atoms with E-state index in [2.05, 4.69) is 29.0 Å². The van der Waals surface area contributed by atoms with Crippen LogP contribution in [0, 0.1) is 0 Å². The second-order valence-corrected chi connectivity index (χ2v) is 5.66. The molecule has 4 heteroatoms. The molecule has 1 aliphatic carbocycles. The zero-order chi connectivity index (χ0) is 13.7. The predicted octanol–water partition coefficient (Wildman–Crippen LogP) is 3.93. The number of nitrogens with one attached hydrogen (secondary N) is 1. The summed E-state index contributed by atoms with van der Waals surface area (Å²) in [6, 6.07) is 4.67. The molecule has 0 spiro atoms. The number of hydrogen-bond donors (Lipinski definition) is 1. The maximum Gasteiger partial charge on any atom is 0.126 e. The first kappa shape index (κ1) is 14.6. The highest BCUT2D eigenvalue weighted by atomic mass is 35.5. The van der Waals surface area contributed by atoms with Crippen molar-refractivity contribution < 1.29 is 0 Å². The molecule has 3 nitrogen and oxygen atoms in total. The topological polar surface area (TPSA) is 28.2 Å². The van der Waals surface area contributed by atoms with Gasteiger partial charge < -0.3 is 5.32 Å². The van der Waals surface area contributed by atoms with E-state index in [0.29, 0.717) is 0 Å². The molecule has 0 atom stereocenters. The average Bonchev–Trinajstić information content (AvgIpc) is 3.23. The third-order valence-electron chi connectivity index (χ3n) is 3.40. The third kappa shape index (κ3) is 4.36. The van der Waals surface area contributed by atoms with Gasteiger partial charge in [-0.25, -0.2) is 4.98 Å². The molecule has 19 heavy (non-hydrogen) atoms. The number of aromatic nitrogens is 1. The van der Waals surface area contributed by atoms with Gasteiger partial charge in [-0.3, -0.25) is 4.90 Å². The van der Waals surface area contributed by atoms with Crippen LogP contribution in [0.2, 0.25) is 5.02 Å². The Labute approximate surface area is 121 Å². The zero-order valence-electron chi connectivity index (χ0n) is 12.0. The molecule has 1 aliphatic rings. The first-order chi connectivity index (χ1) is 9.24. The van der Waals surface area contributed by atoms with Crippen LogP contribution in [-0.4, -0.2) is 29.0 Å². The molecule has 1 saturated carbocycles. The Kier molecular flexibility index (Phi) is 5.46. The van der Waals surface area contributed by atoms with Crippen LogP contribution in [0.15, 0.2) is 12.1 Å². The summed E-state index contributed by atoms with van der Waals surface area (Å²) in [7, 11) is 0. The van der Waals surface area contributed by atoms with E-state index in [4.69, 9.17) is 11.6 Å². The highest BCUT2D eigenvalue weighted by Crippen LogP contribution is 2.29. The maximum absolute atomic E-state index is 6.28. The lowest BCUT2D eigenvalue weighted by Gasteiger charge is -2.21. The summed E-state index contributed by atoms with van der Waals surface area (Å²) in [5, 5.41) is 4.11. The average molecular weight is 282 g/mol. The quantitative estimate of drug-likeness (QED) is 0.782. The molecule has 1 fully saturated rings. The van der Waals surface area contributed by atoms with Crippen LogP contribution >= 0.6 is 11.6 Å². The Hall–Kier alpha value is -0.800. The fraction of sp³-hybridized carbons (Fsp3) is 0.667. The van der Waals surface area contributed by atoms with Gasteiger partial charge in [-0.05, 0) is 44.4 Å². The number of rotatable bonds is 8. The molecule has 2 rings (SSSR count). The SMILES string of the molecule is CCCNc1ccc(Cl)c(CN(CCC)C2CC2)n1. The molecular weight excluding hydrogens is 258 g/mol. The van der Waals surface area contributed by atoms with Gasteiger partial charge in [-0.15, -0.1) is 0 Å². The Balaban J connectivity index is 2.04. The van der Waals surface area contributed by atoms with Crippen molar-refractivity contribution in [3.05, 3.63) is 22.8 Å². The number of hydrogen-bond acceptors (Lipinski definition) is 3. The normalized spacial score (nSPS) is 14.9. The van der Waals surface area contributed by atoms with Crippen LogP contribution in [0.5, 0.6) is 0 Å². The summed E-state index contributed by atoms with van der Waals surface area (Å²) in [4.78, 5) is 7.17. The molecule has 1 aromatic heterocycles. The van der Waals surface area contributed by atoms with Crippen molar-refractivity contribution in [1.82, 2.24) is 9.88 Å². The second kappa shape index (κ2) is 7.11. The van der Waals surface area contributed by atoms with E-state index >= 15 is 0 Å². The molecule has 0 saturated heterocycles. The fourth-order valence-corrected chi connectivity index (χ4v) is 2.42. The molecule has 0 amide bonds. The first-order valence-corrected chi connectivity index (χ1v) is 7.75. The summed E-state index contributed by atoms with van der Waals surface area (Å²) in [5.41, 5.74) is 1.00. The Morgan fingerprint density at radius 2 is 2.11 bits per heavy atom. The fourth-order valence-electron chi connectivity index (χ4n) is 2.26. The van der Waals surface area contributed by atoms with E-state index in [1.165, 1.54) is 19.3 Å². The van der Waals surface area contributed by atoms with Crippen LogP contribution in [0.1, 0.15) is 45.2 Å². The Morgan fingerprint density at radius 3 is 2.74 bits per heavy atom. The van der Waals surface area contributed by atoms with E-state index in [9.17, 15) is 0 Å². The smallest absolute Gasteiger partial charge is 0.126 e. The molecule has 1 aromatic rings. The molecule has 106 valence electrons. The van der Waals surface area contributed by atoms with Gasteiger partial charge in [-0.1, -0.05) is 25.4 Å². The number of nitrogens with zero attached hydrogens (tertiary/aromatic N) is 2. The highest BCUT2D eigenvalue weighted by molar-refractivity contribution is 6.31. The highest BCUT2D eigenvalue weighted by Gasteiger charge is 2.28. The second-order valence-electron chi connectivity index (χ2n) is 5.25. The van der Waals surface area contributed by atoms with E-state index in [0.717, 1.165) is 48.6 Å². The van der Waals surface area contributed by atoms with Gasteiger partial charge in [0, 0.05) is 19.1 Å². The van der Waals surface area contributed by atoms with Crippen molar-refractivity contribution in [2.24, 2.45) is 0 Å². The van der Waals surface area contributed by atoms with Gasteiger partial charge in [0.1, 0.15) is 5.82 Å². The molecule has 0 aromatic carbocycles. The molecule has 0 radical (unpaired) electrons. The zero-order valence-corrected chi connectivity index (χ0v) is 12.7. The van der Waals surface area contributed by atoms with Crippen molar-refractivity contribution in [1.29, 1.82) is 0 Å². The minimum Gasteiger partial charge on any atom is -0.370 e. The van der Waals surface area contributed by atoms with Gasteiger partial charge in [0.2, 0.25) is 0 Å². The van der Waals surface area contributed by atoms with Crippen LogP contribution in [0.25, 0.3) is 0 Å². The maximum atomic E-state index is 6.28. The number of anilines is 1. The number of halogens is 1. The van der Waals surface area contributed by atoms with Crippen LogP contribution < -0.4 is 5.32 Å². The molecular formula is C15H24ClN3. The standard InChI is InChI=1S/C15H24ClN3/c1-3-9-17-15-8-7-13(16)14(18-15)11-19(10-4-2)12-5-6-12/h7-8,12H,3-6,9-11H2,1-2H3,(H,17,18).